The van der Waals surface area contributed by atoms with Crippen molar-refractivity contribution in [3.63, 3.8) is 0 Å². The first-order valence-corrected chi connectivity index (χ1v) is 10.8. The Balaban J connectivity index is 1.73. The Morgan fingerprint density at radius 1 is 1.18 bits per heavy atom. The third kappa shape index (κ3) is 5.29. The maximum Gasteiger partial charge on any atom is 0.310 e. The quantitative estimate of drug-likeness (QED) is 0.396. The smallest absolute Gasteiger partial charge is 0.310 e. The van der Waals surface area contributed by atoms with Crippen LogP contribution in [0.25, 0.3) is 16.1 Å². The van der Waals surface area contributed by atoms with Gasteiger partial charge in [-0.3, -0.25) is 4.79 Å². The van der Waals surface area contributed by atoms with Gasteiger partial charge >= 0.3 is 5.97 Å². The second-order valence-corrected chi connectivity index (χ2v) is 7.59. The van der Waals surface area contributed by atoms with Crippen LogP contribution in [0.2, 0.25) is 0 Å². The molecule has 0 unspecified atom stereocenters. The van der Waals surface area contributed by atoms with E-state index in [-0.39, 0.29) is 25.2 Å². The molecule has 1 aliphatic rings. The second kappa shape index (κ2) is 10.1. The molecule has 2 heterocycles. The normalized spacial score (nSPS) is 12.9. The van der Waals surface area contributed by atoms with Gasteiger partial charge in [0.25, 0.3) is 0 Å². The highest BCUT2D eigenvalue weighted by Crippen LogP contribution is 2.32. The summed E-state index contributed by atoms with van der Waals surface area (Å²) in [5.41, 5.74) is 3.62. The maximum atomic E-state index is 15.0. The minimum Gasteiger partial charge on any atom is -0.493 e. The second-order valence-electron chi connectivity index (χ2n) is 7.59. The van der Waals surface area contributed by atoms with Crippen LogP contribution in [0.1, 0.15) is 30.0 Å². The molecule has 0 fully saturated rings. The van der Waals surface area contributed by atoms with Crippen molar-refractivity contribution in [1.82, 2.24) is 4.98 Å². The van der Waals surface area contributed by atoms with Gasteiger partial charge in [0.1, 0.15) is 18.2 Å². The molecule has 0 saturated heterocycles. The molecule has 3 aromatic rings. The molecule has 4 rings (SSSR count). The SMILES string of the molecule is [C-]#[N+]c1ccc2c(c1)CCCOc1cc(c(F)cc1CC(=O)OCC)-c1cccc(n1)OC2. The highest BCUT2D eigenvalue weighted by atomic mass is 19.1. The molecule has 4 bridgehead atoms. The van der Waals surface area contributed by atoms with Gasteiger partial charge in [-0.1, -0.05) is 29.8 Å². The molecule has 2 aromatic carbocycles. The Labute approximate surface area is 191 Å². The molecule has 0 aliphatic carbocycles. The molecule has 168 valence electrons. The van der Waals surface area contributed by atoms with Crippen LogP contribution < -0.4 is 9.47 Å². The Morgan fingerprint density at radius 2 is 2.06 bits per heavy atom. The van der Waals surface area contributed by atoms with E-state index in [1.807, 2.05) is 12.1 Å². The fraction of sp³-hybridized carbons (Fsp3) is 0.269. The Kier molecular flexibility index (Phi) is 6.84. The van der Waals surface area contributed by atoms with Gasteiger partial charge < -0.3 is 14.2 Å². The molecule has 0 N–H and O–H groups in total. The van der Waals surface area contributed by atoms with Crippen LogP contribution in [-0.2, 0) is 29.0 Å². The molecule has 6 nitrogen and oxygen atoms in total. The van der Waals surface area contributed by atoms with Gasteiger partial charge in [-0.2, -0.15) is 0 Å². The van der Waals surface area contributed by atoms with Crippen molar-refractivity contribution in [3.05, 3.63) is 82.5 Å². The predicted octanol–water partition coefficient (Wildman–Crippen LogP) is 5.45. The van der Waals surface area contributed by atoms with Crippen LogP contribution in [0.4, 0.5) is 10.1 Å². The van der Waals surface area contributed by atoms with Crippen molar-refractivity contribution in [2.24, 2.45) is 0 Å². The fourth-order valence-electron chi connectivity index (χ4n) is 3.73. The number of nitrogens with zero attached hydrogens (tertiary/aromatic N) is 2. The lowest BCUT2D eigenvalue weighted by molar-refractivity contribution is -0.142. The number of aryl methyl sites for hydroxylation is 1. The van der Waals surface area contributed by atoms with Crippen LogP contribution in [0.15, 0.2) is 48.5 Å². The number of carbonyl (C=O) groups excluding carboxylic acids is 1. The first-order chi connectivity index (χ1) is 16.1. The van der Waals surface area contributed by atoms with Crippen molar-refractivity contribution in [2.75, 3.05) is 13.2 Å². The summed E-state index contributed by atoms with van der Waals surface area (Å²) < 4.78 is 32.0. The van der Waals surface area contributed by atoms with Gasteiger partial charge in [0.05, 0.1) is 31.9 Å². The topological polar surface area (TPSA) is 62.0 Å². The summed E-state index contributed by atoms with van der Waals surface area (Å²) >= 11 is 0. The van der Waals surface area contributed by atoms with Crippen molar-refractivity contribution < 1.29 is 23.4 Å². The zero-order chi connectivity index (χ0) is 23.2. The summed E-state index contributed by atoms with van der Waals surface area (Å²) in [5, 5.41) is 0. The van der Waals surface area contributed by atoms with Crippen molar-refractivity contribution in [2.45, 2.75) is 32.8 Å². The Bertz CT molecular complexity index is 1220. The Morgan fingerprint density at radius 3 is 2.88 bits per heavy atom. The number of hydrogen-bond acceptors (Lipinski definition) is 5. The van der Waals surface area contributed by atoms with E-state index in [1.54, 1.807) is 37.3 Å². The zero-order valence-corrected chi connectivity index (χ0v) is 18.3. The number of carbonyl (C=O) groups is 1. The summed E-state index contributed by atoms with van der Waals surface area (Å²) in [6, 6.07) is 13.6. The van der Waals surface area contributed by atoms with E-state index in [0.29, 0.717) is 48.0 Å². The van der Waals surface area contributed by atoms with E-state index in [2.05, 4.69) is 9.83 Å². The Hall–Kier alpha value is -3.92. The molecule has 0 spiro atoms. The number of fused-ring (bicyclic) bond motifs is 6. The van der Waals surface area contributed by atoms with E-state index in [0.717, 1.165) is 11.1 Å². The average Bonchev–Trinajstić information content (AvgIpc) is 2.81. The lowest BCUT2D eigenvalue weighted by Gasteiger charge is -2.16. The average molecular weight is 446 g/mol. The van der Waals surface area contributed by atoms with Gasteiger partial charge in [0.15, 0.2) is 5.69 Å². The van der Waals surface area contributed by atoms with E-state index < -0.39 is 11.8 Å². The number of pyridine rings is 1. The molecule has 0 atom stereocenters. The molecule has 0 amide bonds. The summed E-state index contributed by atoms with van der Waals surface area (Å²) in [5.74, 6) is -0.171. The first kappa shape index (κ1) is 22.3. The fourth-order valence-corrected chi connectivity index (χ4v) is 3.73. The first-order valence-electron chi connectivity index (χ1n) is 10.8. The highest BCUT2D eigenvalue weighted by molar-refractivity contribution is 5.75. The van der Waals surface area contributed by atoms with Gasteiger partial charge in [0.2, 0.25) is 5.88 Å². The number of ether oxygens (including phenoxy) is 3. The van der Waals surface area contributed by atoms with Gasteiger partial charge in [-0.25, -0.2) is 14.2 Å². The lowest BCUT2D eigenvalue weighted by Crippen LogP contribution is -2.11. The van der Waals surface area contributed by atoms with E-state index in [4.69, 9.17) is 20.8 Å². The summed E-state index contributed by atoms with van der Waals surface area (Å²) in [4.78, 5) is 20.0. The van der Waals surface area contributed by atoms with Crippen molar-refractivity contribution in [3.8, 4) is 22.9 Å². The van der Waals surface area contributed by atoms with E-state index >= 15 is 4.39 Å². The summed E-state index contributed by atoms with van der Waals surface area (Å²) in [7, 11) is 0. The largest absolute Gasteiger partial charge is 0.493 e. The minimum absolute atomic E-state index is 0.0891. The number of hydrogen-bond donors (Lipinski definition) is 0. The van der Waals surface area contributed by atoms with Crippen LogP contribution in [0.3, 0.4) is 0 Å². The molecular formula is C26H23FN2O4. The van der Waals surface area contributed by atoms with Gasteiger partial charge in [-0.15, -0.1) is 0 Å². The maximum absolute atomic E-state index is 15.0. The minimum atomic E-state index is -0.504. The zero-order valence-electron chi connectivity index (χ0n) is 18.3. The molecule has 0 saturated carbocycles. The monoisotopic (exact) mass is 446 g/mol. The molecule has 1 aromatic heterocycles. The van der Waals surface area contributed by atoms with Gasteiger partial charge in [0, 0.05) is 17.2 Å². The predicted molar refractivity (Wildman–Crippen MR) is 121 cm³/mol. The summed E-state index contributed by atoms with van der Waals surface area (Å²) in [6.45, 7) is 9.91. The van der Waals surface area contributed by atoms with Gasteiger partial charge in [-0.05, 0) is 43.5 Å². The van der Waals surface area contributed by atoms with Crippen LogP contribution in [0, 0.1) is 12.4 Å². The third-order valence-electron chi connectivity index (χ3n) is 5.33. The molecule has 7 heteroatoms. The number of esters is 1. The van der Waals surface area contributed by atoms with Crippen molar-refractivity contribution in [1.29, 1.82) is 0 Å². The number of rotatable bonds is 3. The molecule has 1 aliphatic heterocycles. The summed E-state index contributed by atoms with van der Waals surface area (Å²) in [6.07, 6.45) is 1.26. The van der Waals surface area contributed by atoms with Crippen molar-refractivity contribution >= 4 is 11.7 Å². The standard InChI is InChI=1S/C26H23FN2O4/c1-3-31-26(30)14-19-13-22(27)21-15-24(19)32-11-5-6-17-12-20(28-2)10-9-18(17)16-33-25-8-4-7-23(21)29-25/h4,7-10,12-13,15H,3,5-6,11,14,16H2,1H3. The highest BCUT2D eigenvalue weighted by Gasteiger charge is 2.18. The molecule has 0 radical (unpaired) electrons. The number of benzene rings is 2. The lowest BCUT2D eigenvalue weighted by atomic mass is 10.0. The van der Waals surface area contributed by atoms with E-state index in [1.165, 1.54) is 6.07 Å². The molecule has 33 heavy (non-hydrogen) atoms. The van der Waals surface area contributed by atoms with Crippen LogP contribution in [0.5, 0.6) is 11.6 Å². The van der Waals surface area contributed by atoms with Crippen LogP contribution in [-0.4, -0.2) is 24.2 Å². The van der Waals surface area contributed by atoms with E-state index in [9.17, 15) is 4.79 Å². The van der Waals surface area contributed by atoms with Crippen LogP contribution >= 0.6 is 0 Å². The molecular weight excluding hydrogens is 423 g/mol. The number of halogens is 1. The number of aromatic nitrogens is 1. The third-order valence-corrected chi connectivity index (χ3v) is 5.33.